The van der Waals surface area contributed by atoms with Crippen LogP contribution >= 0.6 is 0 Å². The first kappa shape index (κ1) is 14.2. The second-order valence-electron chi connectivity index (χ2n) is 3.46. The number of pyridine rings is 1. The number of anilines is 1. The molecule has 0 saturated carbocycles. The van der Waals surface area contributed by atoms with Gasteiger partial charge in [-0.05, 0) is 6.07 Å². The van der Waals surface area contributed by atoms with E-state index in [2.05, 4.69) is 4.98 Å². The molecule has 0 aliphatic rings. The minimum absolute atomic E-state index is 0.170. The molecule has 2 N–H and O–H groups in total. The first-order chi connectivity index (χ1) is 8.35. The van der Waals surface area contributed by atoms with Crippen molar-refractivity contribution in [3.63, 3.8) is 0 Å². The van der Waals surface area contributed by atoms with Gasteiger partial charge in [0.25, 0.3) is 0 Å². The number of hydrogen-bond acceptors (Lipinski definition) is 4. The van der Waals surface area contributed by atoms with E-state index in [-0.39, 0.29) is 17.8 Å². The van der Waals surface area contributed by atoms with Crippen molar-refractivity contribution in [3.8, 4) is 0 Å². The van der Waals surface area contributed by atoms with Gasteiger partial charge in [0.1, 0.15) is 6.54 Å². The van der Waals surface area contributed by atoms with E-state index in [0.717, 1.165) is 17.2 Å². The molecule has 0 aromatic carbocycles. The molecular weight excluding hydrogens is 253 g/mol. The van der Waals surface area contributed by atoms with E-state index in [1.807, 2.05) is 0 Å². The summed E-state index contributed by atoms with van der Waals surface area (Å²) in [6.45, 7) is -2.20. The van der Waals surface area contributed by atoms with E-state index in [1.165, 1.54) is 6.20 Å². The Morgan fingerprint density at radius 3 is 2.61 bits per heavy atom. The first-order valence-corrected chi connectivity index (χ1v) is 4.95. The number of rotatable bonds is 5. The van der Waals surface area contributed by atoms with E-state index in [9.17, 15) is 18.0 Å². The molecule has 1 aromatic rings. The fourth-order valence-corrected chi connectivity index (χ4v) is 1.44. The average Bonchev–Trinajstić information content (AvgIpc) is 2.26. The van der Waals surface area contributed by atoms with Crippen LogP contribution in [0.25, 0.3) is 0 Å². The van der Waals surface area contributed by atoms with E-state index in [1.54, 1.807) is 0 Å². The molecule has 1 heterocycles. The Kier molecular flexibility index (Phi) is 4.49. The summed E-state index contributed by atoms with van der Waals surface area (Å²) in [5.74, 6) is -1.35. The first-order valence-electron chi connectivity index (χ1n) is 4.95. The van der Waals surface area contributed by atoms with E-state index >= 15 is 0 Å². The van der Waals surface area contributed by atoms with Gasteiger partial charge in [-0.2, -0.15) is 13.2 Å². The van der Waals surface area contributed by atoms with Crippen molar-refractivity contribution in [2.24, 2.45) is 0 Å². The number of carboxylic acid groups (broad SMARTS) is 1. The fraction of sp³-hybridized carbons (Fsp3) is 0.400. The van der Waals surface area contributed by atoms with Crippen molar-refractivity contribution >= 4 is 11.7 Å². The molecule has 1 aromatic heterocycles. The zero-order valence-electron chi connectivity index (χ0n) is 9.18. The third-order valence-corrected chi connectivity index (χ3v) is 2.11. The molecule has 100 valence electrons. The van der Waals surface area contributed by atoms with Crippen molar-refractivity contribution in [2.45, 2.75) is 6.18 Å². The molecule has 0 aliphatic carbocycles. The predicted molar refractivity (Wildman–Crippen MR) is 56.6 cm³/mol. The van der Waals surface area contributed by atoms with Crippen LogP contribution in [0, 0.1) is 0 Å². The zero-order chi connectivity index (χ0) is 13.8. The Hall–Kier alpha value is -1.83. The van der Waals surface area contributed by atoms with E-state index in [4.69, 9.17) is 10.2 Å². The van der Waals surface area contributed by atoms with Gasteiger partial charge < -0.3 is 15.1 Å². The molecule has 18 heavy (non-hydrogen) atoms. The third-order valence-electron chi connectivity index (χ3n) is 2.11. The van der Waals surface area contributed by atoms with Gasteiger partial charge in [0, 0.05) is 12.7 Å². The van der Waals surface area contributed by atoms with Crippen LogP contribution in [0.3, 0.4) is 0 Å². The summed E-state index contributed by atoms with van der Waals surface area (Å²) < 4.78 is 37.1. The Morgan fingerprint density at radius 2 is 2.11 bits per heavy atom. The molecule has 0 unspecified atom stereocenters. The van der Waals surface area contributed by atoms with Crippen LogP contribution < -0.4 is 4.90 Å². The van der Waals surface area contributed by atoms with Gasteiger partial charge in [0.15, 0.2) is 0 Å². The molecule has 0 radical (unpaired) electrons. The maximum absolute atomic E-state index is 12.4. The SMILES string of the molecule is O=C(O)c1ccncc1N(CCO)CC(F)(F)F. The third kappa shape index (κ3) is 3.88. The van der Waals surface area contributed by atoms with Crippen LogP contribution in [0.15, 0.2) is 18.5 Å². The van der Waals surface area contributed by atoms with Crippen molar-refractivity contribution < 1.29 is 28.2 Å². The molecule has 0 aliphatic heterocycles. The number of aromatic nitrogens is 1. The Morgan fingerprint density at radius 1 is 1.44 bits per heavy atom. The van der Waals surface area contributed by atoms with E-state index < -0.39 is 25.3 Å². The Labute approximate surface area is 100 Å². The van der Waals surface area contributed by atoms with Gasteiger partial charge in [0.2, 0.25) is 0 Å². The van der Waals surface area contributed by atoms with Crippen LogP contribution in [-0.2, 0) is 0 Å². The number of carboxylic acids is 1. The lowest BCUT2D eigenvalue weighted by atomic mass is 10.2. The second kappa shape index (κ2) is 5.67. The summed E-state index contributed by atoms with van der Waals surface area (Å²) in [6, 6.07) is 1.11. The fourth-order valence-electron chi connectivity index (χ4n) is 1.44. The topological polar surface area (TPSA) is 73.7 Å². The summed E-state index contributed by atoms with van der Waals surface area (Å²) in [7, 11) is 0. The number of carbonyl (C=O) groups is 1. The van der Waals surface area contributed by atoms with Gasteiger partial charge in [-0.25, -0.2) is 4.79 Å². The summed E-state index contributed by atoms with van der Waals surface area (Å²) >= 11 is 0. The van der Waals surface area contributed by atoms with Gasteiger partial charge in [-0.15, -0.1) is 0 Å². The molecule has 5 nitrogen and oxygen atoms in total. The summed E-state index contributed by atoms with van der Waals surface area (Å²) in [6.07, 6.45) is -2.29. The molecule has 0 amide bonds. The largest absolute Gasteiger partial charge is 0.478 e. The highest BCUT2D eigenvalue weighted by Gasteiger charge is 2.32. The molecule has 0 atom stereocenters. The van der Waals surface area contributed by atoms with Crippen molar-refractivity contribution in [2.75, 3.05) is 24.6 Å². The Balaban J connectivity index is 3.09. The lowest BCUT2D eigenvalue weighted by Gasteiger charge is -2.25. The number of hydrogen-bond donors (Lipinski definition) is 2. The number of halogens is 3. The highest BCUT2D eigenvalue weighted by molar-refractivity contribution is 5.94. The summed E-state index contributed by atoms with van der Waals surface area (Å²) in [4.78, 5) is 15.2. The minimum atomic E-state index is -4.50. The summed E-state index contributed by atoms with van der Waals surface area (Å²) in [5, 5.41) is 17.6. The quantitative estimate of drug-likeness (QED) is 0.834. The number of aliphatic hydroxyl groups excluding tert-OH is 1. The maximum Gasteiger partial charge on any atom is 0.405 e. The second-order valence-corrected chi connectivity index (χ2v) is 3.46. The van der Waals surface area contributed by atoms with Gasteiger partial charge in [-0.3, -0.25) is 4.98 Å². The number of nitrogens with zero attached hydrogens (tertiary/aromatic N) is 2. The predicted octanol–water partition coefficient (Wildman–Crippen LogP) is 1.14. The normalized spacial score (nSPS) is 11.3. The molecule has 0 bridgehead atoms. The lowest BCUT2D eigenvalue weighted by Crippen LogP contribution is -2.37. The van der Waals surface area contributed by atoms with Crippen LogP contribution in [0.2, 0.25) is 0 Å². The highest BCUT2D eigenvalue weighted by Crippen LogP contribution is 2.24. The number of alkyl halides is 3. The molecular formula is C10H11F3N2O3. The van der Waals surface area contributed by atoms with Crippen LogP contribution in [0.5, 0.6) is 0 Å². The number of aromatic carboxylic acids is 1. The Bertz CT molecular complexity index is 423. The monoisotopic (exact) mass is 264 g/mol. The molecule has 1 rings (SSSR count). The number of aliphatic hydroxyl groups is 1. The van der Waals surface area contributed by atoms with Crippen molar-refractivity contribution in [1.29, 1.82) is 0 Å². The molecule has 8 heteroatoms. The lowest BCUT2D eigenvalue weighted by molar-refractivity contribution is -0.119. The van der Waals surface area contributed by atoms with Crippen molar-refractivity contribution in [1.82, 2.24) is 4.98 Å². The molecule has 0 saturated heterocycles. The molecule has 0 fully saturated rings. The van der Waals surface area contributed by atoms with Crippen LogP contribution in [0.4, 0.5) is 18.9 Å². The average molecular weight is 264 g/mol. The minimum Gasteiger partial charge on any atom is -0.478 e. The van der Waals surface area contributed by atoms with Crippen LogP contribution in [0.1, 0.15) is 10.4 Å². The standard InChI is InChI=1S/C10H11F3N2O3/c11-10(12,13)6-15(3-4-16)8-5-14-2-1-7(8)9(17)18/h1-2,5,16H,3-4,6H2,(H,17,18). The van der Waals surface area contributed by atoms with Gasteiger partial charge in [0.05, 0.1) is 24.1 Å². The van der Waals surface area contributed by atoms with Crippen molar-refractivity contribution in [3.05, 3.63) is 24.0 Å². The van der Waals surface area contributed by atoms with E-state index in [0.29, 0.717) is 0 Å². The highest BCUT2D eigenvalue weighted by atomic mass is 19.4. The summed E-state index contributed by atoms with van der Waals surface area (Å²) in [5.41, 5.74) is -0.459. The maximum atomic E-state index is 12.4. The zero-order valence-corrected chi connectivity index (χ0v) is 9.18. The molecule has 0 spiro atoms. The van der Waals surface area contributed by atoms with Gasteiger partial charge in [-0.1, -0.05) is 0 Å². The van der Waals surface area contributed by atoms with Crippen LogP contribution in [-0.4, -0.2) is 47.0 Å². The smallest absolute Gasteiger partial charge is 0.405 e. The van der Waals surface area contributed by atoms with Gasteiger partial charge >= 0.3 is 12.1 Å².